The molecule has 0 heterocycles. The van der Waals surface area contributed by atoms with E-state index < -0.39 is 0 Å². The molecule has 0 spiro atoms. The van der Waals surface area contributed by atoms with E-state index in [9.17, 15) is 9.90 Å². The number of phenols is 1. The highest BCUT2D eigenvalue weighted by molar-refractivity contribution is 6.09. The molecule has 1 aliphatic carbocycles. The van der Waals surface area contributed by atoms with Gasteiger partial charge in [-0.3, -0.25) is 4.79 Å². The number of hydrogen-bond acceptors (Lipinski definition) is 3. The third-order valence-corrected chi connectivity index (χ3v) is 4.10. The molecule has 3 rings (SSSR count). The van der Waals surface area contributed by atoms with Crippen LogP contribution in [0.1, 0.15) is 48.0 Å². The smallest absolute Gasteiger partial charge is 0.193 e. The van der Waals surface area contributed by atoms with Gasteiger partial charge in [-0.1, -0.05) is 6.42 Å². The fourth-order valence-electron chi connectivity index (χ4n) is 2.84. The lowest BCUT2D eigenvalue weighted by atomic mass is 9.98. The Labute approximate surface area is 130 Å². The summed E-state index contributed by atoms with van der Waals surface area (Å²) < 4.78 is 5.97. The van der Waals surface area contributed by atoms with Gasteiger partial charge in [-0.25, -0.2) is 0 Å². The first-order valence-corrected chi connectivity index (χ1v) is 7.83. The van der Waals surface area contributed by atoms with Gasteiger partial charge in [0.15, 0.2) is 5.78 Å². The van der Waals surface area contributed by atoms with E-state index in [4.69, 9.17) is 4.74 Å². The molecule has 1 saturated carbocycles. The second-order valence-electron chi connectivity index (χ2n) is 5.78. The topological polar surface area (TPSA) is 46.5 Å². The zero-order chi connectivity index (χ0) is 15.4. The summed E-state index contributed by atoms with van der Waals surface area (Å²) in [7, 11) is 0. The number of phenolic OH excluding ortho intramolecular Hbond substituents is 1. The number of ether oxygens (including phenoxy) is 1. The van der Waals surface area contributed by atoms with Gasteiger partial charge in [0.25, 0.3) is 0 Å². The lowest BCUT2D eigenvalue weighted by Gasteiger charge is -2.23. The van der Waals surface area contributed by atoms with Crippen molar-refractivity contribution in [2.45, 2.75) is 38.2 Å². The number of hydrogen-bond donors (Lipinski definition) is 1. The Bertz CT molecular complexity index is 623. The fourth-order valence-corrected chi connectivity index (χ4v) is 2.84. The minimum atomic E-state index is -0.0517. The standard InChI is InChI=1S/C19H20O3/c20-16-10-6-14(7-11-16)19(21)15-8-12-18(13-9-15)22-17-4-2-1-3-5-17/h6-13,17,20H,1-5H2. The maximum Gasteiger partial charge on any atom is 0.193 e. The highest BCUT2D eigenvalue weighted by Crippen LogP contribution is 2.24. The van der Waals surface area contributed by atoms with E-state index in [1.165, 1.54) is 31.4 Å². The predicted octanol–water partition coefficient (Wildman–Crippen LogP) is 4.33. The van der Waals surface area contributed by atoms with Gasteiger partial charge in [0.1, 0.15) is 11.5 Å². The normalized spacial score (nSPS) is 15.5. The van der Waals surface area contributed by atoms with Gasteiger partial charge in [0.05, 0.1) is 6.10 Å². The van der Waals surface area contributed by atoms with Crippen molar-refractivity contribution in [2.75, 3.05) is 0 Å². The van der Waals surface area contributed by atoms with Gasteiger partial charge < -0.3 is 9.84 Å². The van der Waals surface area contributed by atoms with Crippen molar-refractivity contribution in [2.24, 2.45) is 0 Å². The molecule has 0 amide bonds. The van der Waals surface area contributed by atoms with Crippen molar-refractivity contribution >= 4 is 5.78 Å². The molecule has 3 heteroatoms. The first-order valence-electron chi connectivity index (χ1n) is 7.83. The zero-order valence-electron chi connectivity index (χ0n) is 12.5. The van der Waals surface area contributed by atoms with E-state index in [-0.39, 0.29) is 11.5 Å². The monoisotopic (exact) mass is 296 g/mol. The van der Waals surface area contributed by atoms with Crippen LogP contribution in [0.3, 0.4) is 0 Å². The summed E-state index contributed by atoms with van der Waals surface area (Å²) in [4.78, 5) is 12.3. The second kappa shape index (κ2) is 6.65. The SMILES string of the molecule is O=C(c1ccc(O)cc1)c1ccc(OC2CCCCC2)cc1. The largest absolute Gasteiger partial charge is 0.508 e. The number of aromatic hydroxyl groups is 1. The molecule has 0 aliphatic heterocycles. The molecule has 0 aromatic heterocycles. The fraction of sp³-hybridized carbons (Fsp3) is 0.316. The Morgan fingerprint density at radius 3 is 2.00 bits per heavy atom. The van der Waals surface area contributed by atoms with E-state index in [0.717, 1.165) is 18.6 Å². The van der Waals surface area contributed by atoms with E-state index in [2.05, 4.69) is 0 Å². The minimum Gasteiger partial charge on any atom is -0.508 e. The number of benzene rings is 2. The summed E-state index contributed by atoms with van der Waals surface area (Å²) in [5.74, 6) is 0.936. The van der Waals surface area contributed by atoms with Gasteiger partial charge >= 0.3 is 0 Å². The highest BCUT2D eigenvalue weighted by Gasteiger charge is 2.15. The van der Waals surface area contributed by atoms with Gasteiger partial charge in [0.2, 0.25) is 0 Å². The maximum absolute atomic E-state index is 12.3. The summed E-state index contributed by atoms with van der Waals surface area (Å²) in [6.45, 7) is 0. The number of carbonyl (C=O) groups excluding carboxylic acids is 1. The van der Waals surface area contributed by atoms with Gasteiger partial charge in [0, 0.05) is 11.1 Å². The molecule has 114 valence electrons. The molecule has 1 fully saturated rings. The Balaban J connectivity index is 1.68. The van der Waals surface area contributed by atoms with E-state index in [1.807, 2.05) is 12.1 Å². The van der Waals surface area contributed by atoms with Crippen LogP contribution in [0, 0.1) is 0 Å². The van der Waals surface area contributed by atoms with Gasteiger partial charge in [-0.2, -0.15) is 0 Å². The lowest BCUT2D eigenvalue weighted by molar-refractivity contribution is 0.103. The summed E-state index contributed by atoms with van der Waals surface area (Å²) in [5, 5.41) is 9.27. The molecule has 1 N–H and O–H groups in total. The second-order valence-corrected chi connectivity index (χ2v) is 5.78. The average Bonchev–Trinajstić information content (AvgIpc) is 2.57. The van der Waals surface area contributed by atoms with E-state index >= 15 is 0 Å². The molecule has 3 nitrogen and oxygen atoms in total. The molecular weight excluding hydrogens is 276 g/mol. The summed E-state index contributed by atoms with van der Waals surface area (Å²) in [5.41, 5.74) is 1.19. The average molecular weight is 296 g/mol. The van der Waals surface area contributed by atoms with Crippen molar-refractivity contribution in [1.29, 1.82) is 0 Å². The van der Waals surface area contributed by atoms with Crippen LogP contribution >= 0.6 is 0 Å². The highest BCUT2D eigenvalue weighted by atomic mass is 16.5. The molecule has 0 atom stereocenters. The van der Waals surface area contributed by atoms with Crippen LogP contribution < -0.4 is 4.74 Å². The van der Waals surface area contributed by atoms with Crippen LogP contribution in [0.25, 0.3) is 0 Å². The molecular formula is C19H20O3. The first kappa shape index (κ1) is 14.6. The molecule has 0 radical (unpaired) electrons. The molecule has 0 saturated heterocycles. The zero-order valence-corrected chi connectivity index (χ0v) is 12.5. The van der Waals surface area contributed by atoms with Crippen molar-refractivity contribution in [1.82, 2.24) is 0 Å². The maximum atomic E-state index is 12.3. The van der Waals surface area contributed by atoms with E-state index in [0.29, 0.717) is 17.2 Å². The van der Waals surface area contributed by atoms with Crippen molar-refractivity contribution in [3.63, 3.8) is 0 Å². The minimum absolute atomic E-state index is 0.0517. The van der Waals surface area contributed by atoms with Crippen LogP contribution in [0.5, 0.6) is 11.5 Å². The van der Waals surface area contributed by atoms with Crippen molar-refractivity contribution < 1.29 is 14.6 Å². The van der Waals surface area contributed by atoms with Crippen LogP contribution in [-0.4, -0.2) is 17.0 Å². The van der Waals surface area contributed by atoms with Gasteiger partial charge in [-0.15, -0.1) is 0 Å². The predicted molar refractivity (Wildman–Crippen MR) is 85.5 cm³/mol. The molecule has 2 aromatic rings. The van der Waals surface area contributed by atoms with Crippen LogP contribution in [0.15, 0.2) is 48.5 Å². The Morgan fingerprint density at radius 1 is 0.864 bits per heavy atom. The summed E-state index contributed by atoms with van der Waals surface area (Å²) in [6, 6.07) is 13.6. The molecule has 0 unspecified atom stereocenters. The third kappa shape index (κ3) is 3.48. The molecule has 2 aromatic carbocycles. The van der Waals surface area contributed by atoms with Crippen molar-refractivity contribution in [3.05, 3.63) is 59.7 Å². The molecule has 22 heavy (non-hydrogen) atoms. The number of rotatable bonds is 4. The van der Waals surface area contributed by atoms with E-state index in [1.54, 1.807) is 24.3 Å². The lowest BCUT2D eigenvalue weighted by Crippen LogP contribution is -2.19. The van der Waals surface area contributed by atoms with Crippen molar-refractivity contribution in [3.8, 4) is 11.5 Å². The van der Waals surface area contributed by atoms with Crippen LogP contribution in [0.4, 0.5) is 0 Å². The Kier molecular flexibility index (Phi) is 4.42. The number of ketones is 1. The number of carbonyl (C=O) groups is 1. The van der Waals surface area contributed by atoms with Crippen LogP contribution in [-0.2, 0) is 0 Å². The van der Waals surface area contributed by atoms with Gasteiger partial charge in [-0.05, 0) is 74.2 Å². The van der Waals surface area contributed by atoms with Crippen LogP contribution in [0.2, 0.25) is 0 Å². The molecule has 1 aliphatic rings. The Morgan fingerprint density at radius 2 is 1.41 bits per heavy atom. The third-order valence-electron chi connectivity index (χ3n) is 4.10. The first-order chi connectivity index (χ1) is 10.7. The molecule has 0 bridgehead atoms. The summed E-state index contributed by atoms with van der Waals surface area (Å²) in [6.07, 6.45) is 6.33. The Hall–Kier alpha value is -2.29. The quantitative estimate of drug-likeness (QED) is 0.854. The summed E-state index contributed by atoms with van der Waals surface area (Å²) >= 11 is 0.